The second-order valence-electron chi connectivity index (χ2n) is 2.08. The van der Waals surface area contributed by atoms with Gasteiger partial charge in [-0.05, 0) is 6.08 Å². The fourth-order valence-electron chi connectivity index (χ4n) is 0.914. The maximum Gasteiger partial charge on any atom is 0.154 e. The van der Waals surface area contributed by atoms with Gasteiger partial charge in [-0.15, -0.1) is 0 Å². The smallest absolute Gasteiger partial charge is 0.154 e. The molecule has 0 aromatic rings. The summed E-state index contributed by atoms with van der Waals surface area (Å²) in [6.45, 7) is 0.505. The molecule has 1 heterocycles. The van der Waals surface area contributed by atoms with Crippen molar-refractivity contribution >= 4 is 0 Å². The van der Waals surface area contributed by atoms with Crippen LogP contribution in [0, 0.1) is 34.0 Å². The van der Waals surface area contributed by atoms with Gasteiger partial charge in [-0.1, -0.05) is 0 Å². The first-order chi connectivity index (χ1) is 5.83. The third-order valence-electron chi connectivity index (χ3n) is 1.45. The molecule has 0 unspecified atom stereocenters. The van der Waals surface area contributed by atoms with Gasteiger partial charge in [-0.3, -0.25) is 0 Å². The molecule has 0 aromatic carbocycles. The van der Waals surface area contributed by atoms with Crippen molar-refractivity contribution in [2.45, 2.75) is 0 Å². The lowest BCUT2D eigenvalue weighted by Crippen LogP contribution is -2.08. The lowest BCUT2D eigenvalue weighted by molar-refractivity contribution is 0.970. The van der Waals surface area contributed by atoms with Crippen molar-refractivity contribution < 1.29 is 0 Å². The predicted molar refractivity (Wildman–Crippen MR) is 40.0 cm³/mol. The van der Waals surface area contributed by atoms with E-state index in [9.17, 15) is 0 Å². The predicted octanol–water partition coefficient (Wildman–Crippen LogP) is 0.341. The van der Waals surface area contributed by atoms with Crippen LogP contribution in [0.2, 0.25) is 0 Å². The zero-order valence-corrected chi connectivity index (χ0v) is 6.13. The fraction of sp³-hybridized carbons (Fsp3) is 0.125. The Morgan fingerprint density at radius 1 is 1.33 bits per heavy atom. The SMILES string of the molecule is N#CC1=CCNC1=C(C#N)C#N. The average Bonchev–Trinajstić information content (AvgIpc) is 2.55. The molecule has 0 saturated heterocycles. The second-order valence-corrected chi connectivity index (χ2v) is 2.08. The van der Waals surface area contributed by atoms with Crippen molar-refractivity contribution in [3.63, 3.8) is 0 Å². The molecule has 4 nitrogen and oxygen atoms in total. The van der Waals surface area contributed by atoms with Crippen LogP contribution in [0.25, 0.3) is 0 Å². The van der Waals surface area contributed by atoms with Crippen LogP contribution >= 0.6 is 0 Å². The molecule has 12 heavy (non-hydrogen) atoms. The molecule has 1 N–H and O–H groups in total. The molecule has 0 atom stereocenters. The van der Waals surface area contributed by atoms with Crippen LogP contribution in [-0.2, 0) is 0 Å². The van der Waals surface area contributed by atoms with E-state index in [1.165, 1.54) is 0 Å². The standard InChI is InChI=1S/C8H4N4/c9-3-6-1-2-12-8(6)7(4-10)5-11/h1,12H,2H2. The molecule has 0 radical (unpaired) electrons. The number of allylic oxidation sites excluding steroid dienone is 2. The first-order valence-corrected chi connectivity index (χ1v) is 3.22. The van der Waals surface area contributed by atoms with E-state index < -0.39 is 0 Å². The van der Waals surface area contributed by atoms with E-state index in [-0.39, 0.29) is 5.57 Å². The van der Waals surface area contributed by atoms with Crippen LogP contribution in [-0.4, -0.2) is 6.54 Å². The van der Waals surface area contributed by atoms with Crippen LogP contribution in [0.3, 0.4) is 0 Å². The Balaban J connectivity index is 3.17. The van der Waals surface area contributed by atoms with Crippen LogP contribution < -0.4 is 5.32 Å². The maximum atomic E-state index is 8.57. The minimum atomic E-state index is -0.0414. The Morgan fingerprint density at radius 2 is 2.00 bits per heavy atom. The number of nitrogens with zero attached hydrogens (tertiary/aromatic N) is 3. The van der Waals surface area contributed by atoms with Crippen molar-refractivity contribution in [2.75, 3.05) is 6.54 Å². The van der Waals surface area contributed by atoms with Gasteiger partial charge in [0.1, 0.15) is 18.2 Å². The number of hydrogen-bond donors (Lipinski definition) is 1. The molecule has 0 saturated carbocycles. The van der Waals surface area contributed by atoms with E-state index in [0.29, 0.717) is 17.8 Å². The van der Waals surface area contributed by atoms with Crippen molar-refractivity contribution in [3.05, 3.63) is 22.9 Å². The van der Waals surface area contributed by atoms with Gasteiger partial charge in [-0.25, -0.2) is 0 Å². The molecule has 1 rings (SSSR count). The molecule has 0 aliphatic carbocycles. The summed E-state index contributed by atoms with van der Waals surface area (Å²) in [7, 11) is 0. The van der Waals surface area contributed by atoms with Gasteiger partial charge in [0.05, 0.1) is 11.3 Å². The zero-order valence-electron chi connectivity index (χ0n) is 6.13. The highest BCUT2D eigenvalue weighted by Gasteiger charge is 2.15. The normalized spacial score (nSPS) is 13.4. The summed E-state index contributed by atoms with van der Waals surface area (Å²) in [6.07, 6.45) is 1.64. The first kappa shape index (κ1) is 7.85. The van der Waals surface area contributed by atoms with Gasteiger partial charge in [0.25, 0.3) is 0 Å². The first-order valence-electron chi connectivity index (χ1n) is 3.22. The monoisotopic (exact) mass is 156 g/mol. The molecule has 0 aromatic heterocycles. The highest BCUT2D eigenvalue weighted by molar-refractivity contribution is 5.55. The summed E-state index contributed by atoms with van der Waals surface area (Å²) < 4.78 is 0. The van der Waals surface area contributed by atoms with E-state index in [2.05, 4.69) is 5.32 Å². The van der Waals surface area contributed by atoms with E-state index in [1.54, 1.807) is 18.2 Å². The van der Waals surface area contributed by atoms with Gasteiger partial charge >= 0.3 is 0 Å². The van der Waals surface area contributed by atoms with Gasteiger partial charge < -0.3 is 5.32 Å². The average molecular weight is 156 g/mol. The van der Waals surface area contributed by atoms with Crippen LogP contribution in [0.4, 0.5) is 0 Å². The third-order valence-corrected chi connectivity index (χ3v) is 1.45. The lowest BCUT2D eigenvalue weighted by Gasteiger charge is -1.97. The van der Waals surface area contributed by atoms with E-state index in [0.717, 1.165) is 0 Å². The molecular formula is C8H4N4. The lowest BCUT2D eigenvalue weighted by atomic mass is 10.1. The van der Waals surface area contributed by atoms with Crippen molar-refractivity contribution in [1.29, 1.82) is 15.8 Å². The quantitative estimate of drug-likeness (QED) is 0.512. The molecule has 0 bridgehead atoms. The molecule has 1 aliphatic rings. The van der Waals surface area contributed by atoms with Crippen LogP contribution in [0.15, 0.2) is 22.9 Å². The largest absolute Gasteiger partial charge is 0.379 e. The summed E-state index contributed by atoms with van der Waals surface area (Å²) >= 11 is 0. The Labute approximate surface area is 69.6 Å². The van der Waals surface area contributed by atoms with Gasteiger partial charge in [0.2, 0.25) is 0 Å². The second kappa shape index (κ2) is 3.23. The Kier molecular flexibility index (Phi) is 2.12. The molecule has 0 spiro atoms. The van der Waals surface area contributed by atoms with Crippen LogP contribution in [0.1, 0.15) is 0 Å². The van der Waals surface area contributed by atoms with Gasteiger partial charge in [0, 0.05) is 6.54 Å². The third kappa shape index (κ3) is 1.12. The molecule has 0 fully saturated rings. The molecule has 4 heteroatoms. The number of nitriles is 3. The fourth-order valence-corrected chi connectivity index (χ4v) is 0.914. The molecular weight excluding hydrogens is 152 g/mol. The van der Waals surface area contributed by atoms with Crippen molar-refractivity contribution in [2.24, 2.45) is 0 Å². The maximum absolute atomic E-state index is 8.57. The van der Waals surface area contributed by atoms with E-state index in [1.807, 2.05) is 6.07 Å². The number of rotatable bonds is 0. The molecule has 0 amide bonds. The topological polar surface area (TPSA) is 83.4 Å². The summed E-state index contributed by atoms with van der Waals surface area (Å²) in [6, 6.07) is 5.35. The molecule has 1 aliphatic heterocycles. The number of hydrogen-bond acceptors (Lipinski definition) is 4. The Bertz CT molecular complexity index is 365. The Morgan fingerprint density at radius 3 is 2.50 bits per heavy atom. The number of nitrogens with one attached hydrogen (secondary N) is 1. The zero-order chi connectivity index (χ0) is 8.97. The molecule has 56 valence electrons. The van der Waals surface area contributed by atoms with Crippen LogP contribution in [0.5, 0.6) is 0 Å². The van der Waals surface area contributed by atoms with Gasteiger partial charge in [0.15, 0.2) is 5.57 Å². The summed E-state index contributed by atoms with van der Waals surface area (Å²) in [5.41, 5.74) is 0.677. The van der Waals surface area contributed by atoms with E-state index in [4.69, 9.17) is 15.8 Å². The summed E-state index contributed by atoms with van der Waals surface area (Å²) in [4.78, 5) is 0. The van der Waals surface area contributed by atoms with E-state index >= 15 is 0 Å². The van der Waals surface area contributed by atoms with Gasteiger partial charge in [-0.2, -0.15) is 15.8 Å². The summed E-state index contributed by atoms with van der Waals surface area (Å²) in [5, 5.41) is 28.3. The minimum absolute atomic E-state index is 0.0414. The highest BCUT2D eigenvalue weighted by Crippen LogP contribution is 2.14. The Hall–Kier alpha value is -2.25. The minimum Gasteiger partial charge on any atom is -0.379 e. The van der Waals surface area contributed by atoms with Crippen molar-refractivity contribution in [3.8, 4) is 18.2 Å². The van der Waals surface area contributed by atoms with Crippen molar-refractivity contribution in [1.82, 2.24) is 5.32 Å². The summed E-state index contributed by atoms with van der Waals surface area (Å²) in [5.74, 6) is 0. The highest BCUT2D eigenvalue weighted by atomic mass is 14.9.